The summed E-state index contributed by atoms with van der Waals surface area (Å²) in [4.78, 5) is 39.2. The van der Waals surface area contributed by atoms with Gasteiger partial charge >= 0.3 is 6.03 Å². The number of aliphatic hydroxyl groups is 1. The first kappa shape index (κ1) is 23.1. The van der Waals surface area contributed by atoms with Gasteiger partial charge in [-0.05, 0) is 50.5 Å². The highest BCUT2D eigenvalue weighted by molar-refractivity contribution is 5.79. The molecule has 0 saturated carbocycles. The second-order valence-electron chi connectivity index (χ2n) is 10.4. The summed E-state index contributed by atoms with van der Waals surface area (Å²) in [6.07, 6.45) is 4.85. The van der Waals surface area contributed by atoms with Crippen LogP contribution in [-0.2, 0) is 26.1 Å². The molecule has 2 N–H and O–H groups in total. The summed E-state index contributed by atoms with van der Waals surface area (Å²) in [6, 6.07) is 10.1. The van der Waals surface area contributed by atoms with E-state index in [-0.39, 0.29) is 12.1 Å². The highest BCUT2D eigenvalue weighted by atomic mass is 16.3. The van der Waals surface area contributed by atoms with Crippen molar-refractivity contribution in [3.63, 3.8) is 0 Å². The molecule has 0 unspecified atom stereocenters. The first-order valence-corrected chi connectivity index (χ1v) is 13.3. The van der Waals surface area contributed by atoms with Crippen LogP contribution in [0.5, 0.6) is 0 Å². The van der Waals surface area contributed by atoms with Gasteiger partial charge in [-0.25, -0.2) is 14.8 Å². The van der Waals surface area contributed by atoms with Gasteiger partial charge in [0.2, 0.25) is 0 Å². The van der Waals surface area contributed by atoms with Gasteiger partial charge in [0.05, 0.1) is 42.0 Å². The fourth-order valence-corrected chi connectivity index (χ4v) is 5.83. The van der Waals surface area contributed by atoms with Crippen molar-refractivity contribution >= 4 is 6.03 Å². The van der Waals surface area contributed by atoms with E-state index >= 15 is 0 Å². The van der Waals surface area contributed by atoms with Gasteiger partial charge in [-0.15, -0.1) is 0 Å². The molecule has 3 aliphatic heterocycles. The zero-order valence-corrected chi connectivity index (χ0v) is 21.4. The van der Waals surface area contributed by atoms with Crippen molar-refractivity contribution in [1.29, 1.82) is 0 Å². The molecule has 0 bridgehead atoms. The van der Waals surface area contributed by atoms with E-state index in [4.69, 9.17) is 15.0 Å². The molecular weight excluding hydrogens is 480 g/mol. The molecule has 0 atom stereocenters. The summed E-state index contributed by atoms with van der Waals surface area (Å²) in [5, 5.41) is 9.75. The Morgan fingerprint density at radius 1 is 1.03 bits per heavy atom. The maximum atomic E-state index is 13.0. The molecule has 0 aliphatic carbocycles. The van der Waals surface area contributed by atoms with Gasteiger partial charge in [0, 0.05) is 43.5 Å². The van der Waals surface area contributed by atoms with Crippen molar-refractivity contribution in [2.24, 2.45) is 0 Å². The first-order chi connectivity index (χ1) is 18.5. The van der Waals surface area contributed by atoms with Gasteiger partial charge in [-0.1, -0.05) is 6.07 Å². The SMILES string of the molecule is Cc1cccc(-c2nc3n(c2-c2ccnc(-c4nc5c([nH]4)CN(C(=O)N4CCC(O)CC4)C5)c2)CCC3)n1. The third-order valence-electron chi connectivity index (χ3n) is 7.80. The molecule has 0 radical (unpaired) electrons. The van der Waals surface area contributed by atoms with Crippen LogP contribution < -0.4 is 0 Å². The molecule has 0 aromatic carbocycles. The average molecular weight is 511 g/mol. The van der Waals surface area contributed by atoms with E-state index in [2.05, 4.69) is 20.6 Å². The van der Waals surface area contributed by atoms with E-state index < -0.39 is 0 Å². The Labute approximate surface area is 220 Å². The molecule has 1 saturated heterocycles. The number of piperidine rings is 1. The number of H-pyrrole nitrogens is 1. The number of aromatic nitrogens is 6. The number of aryl methyl sites for hydroxylation is 2. The Balaban J connectivity index is 1.17. The Bertz CT molecular complexity index is 1510. The predicted octanol–water partition coefficient (Wildman–Crippen LogP) is 3.54. The van der Waals surface area contributed by atoms with Crippen molar-refractivity contribution < 1.29 is 9.90 Å². The van der Waals surface area contributed by atoms with Crippen LogP contribution in [0.4, 0.5) is 4.79 Å². The highest BCUT2D eigenvalue weighted by Crippen LogP contribution is 2.36. The molecule has 194 valence electrons. The summed E-state index contributed by atoms with van der Waals surface area (Å²) in [7, 11) is 0. The Hall–Kier alpha value is -4.05. The van der Waals surface area contributed by atoms with Gasteiger partial charge in [0.1, 0.15) is 17.2 Å². The smallest absolute Gasteiger partial charge is 0.320 e. The molecule has 7 heterocycles. The van der Waals surface area contributed by atoms with Crippen LogP contribution in [0.3, 0.4) is 0 Å². The largest absolute Gasteiger partial charge is 0.393 e. The van der Waals surface area contributed by atoms with E-state index in [1.54, 1.807) is 0 Å². The quantitative estimate of drug-likeness (QED) is 0.436. The van der Waals surface area contributed by atoms with Gasteiger partial charge in [0.15, 0.2) is 5.82 Å². The van der Waals surface area contributed by atoms with Gasteiger partial charge < -0.3 is 24.5 Å². The number of pyridine rings is 2. The van der Waals surface area contributed by atoms with Crippen LogP contribution in [-0.4, -0.2) is 69.6 Å². The molecule has 38 heavy (non-hydrogen) atoms. The lowest BCUT2D eigenvalue weighted by molar-refractivity contribution is 0.0807. The number of aromatic amines is 1. The third-order valence-corrected chi connectivity index (χ3v) is 7.80. The normalized spacial score (nSPS) is 17.2. The van der Waals surface area contributed by atoms with E-state index in [1.165, 1.54) is 0 Å². The summed E-state index contributed by atoms with van der Waals surface area (Å²) >= 11 is 0. The fourth-order valence-electron chi connectivity index (χ4n) is 5.83. The Morgan fingerprint density at radius 2 is 1.89 bits per heavy atom. The molecule has 4 aromatic rings. The number of rotatable bonds is 3. The summed E-state index contributed by atoms with van der Waals surface area (Å²) < 4.78 is 2.31. The second kappa shape index (κ2) is 9.05. The Kier molecular flexibility index (Phi) is 5.50. The van der Waals surface area contributed by atoms with Gasteiger partial charge in [0.25, 0.3) is 0 Å². The second-order valence-corrected chi connectivity index (χ2v) is 10.4. The molecule has 3 aliphatic rings. The first-order valence-electron chi connectivity index (χ1n) is 13.3. The molecule has 4 aromatic heterocycles. The number of aliphatic hydroxyl groups excluding tert-OH is 1. The van der Waals surface area contributed by atoms with Crippen molar-refractivity contribution in [3.8, 4) is 34.2 Å². The molecule has 10 heteroatoms. The van der Waals surface area contributed by atoms with Crippen LogP contribution in [0.25, 0.3) is 34.2 Å². The monoisotopic (exact) mass is 510 g/mol. The zero-order valence-electron chi connectivity index (χ0n) is 21.4. The number of carbonyl (C=O) groups excluding carboxylic acids is 1. The van der Waals surface area contributed by atoms with E-state index in [0.29, 0.717) is 44.8 Å². The molecule has 7 rings (SSSR count). The Morgan fingerprint density at radius 3 is 2.71 bits per heavy atom. The van der Waals surface area contributed by atoms with Gasteiger partial charge in [-0.3, -0.25) is 9.97 Å². The number of amides is 2. The number of hydrogen-bond donors (Lipinski definition) is 2. The standard InChI is InChI=1S/C28H30N8O2/c1-17-4-2-5-20(30-17)25-26(36-11-3-6-24(36)33-25)18-7-10-29-21(14-18)27-31-22-15-35(16-23(22)32-27)28(38)34-12-8-19(37)9-13-34/h2,4-5,7,10,14,19,37H,3,6,8-9,11-13,15-16H2,1H3,(H,31,32). The summed E-state index contributed by atoms with van der Waals surface area (Å²) in [6.45, 7) is 5.10. The third kappa shape index (κ3) is 3.96. The van der Waals surface area contributed by atoms with Crippen LogP contribution in [0.1, 0.15) is 42.2 Å². The van der Waals surface area contributed by atoms with Crippen LogP contribution >= 0.6 is 0 Å². The van der Waals surface area contributed by atoms with E-state index in [9.17, 15) is 9.90 Å². The number of imidazole rings is 2. The molecule has 1 fully saturated rings. The number of nitrogens with zero attached hydrogens (tertiary/aromatic N) is 7. The average Bonchev–Trinajstić information content (AvgIpc) is 3.69. The molecule has 0 spiro atoms. The maximum absolute atomic E-state index is 13.0. The van der Waals surface area contributed by atoms with E-state index in [0.717, 1.165) is 70.6 Å². The minimum atomic E-state index is -0.300. The molecule has 10 nitrogen and oxygen atoms in total. The van der Waals surface area contributed by atoms with Crippen LogP contribution in [0.15, 0.2) is 36.5 Å². The van der Waals surface area contributed by atoms with Gasteiger partial charge in [-0.2, -0.15) is 0 Å². The lowest BCUT2D eigenvalue weighted by Gasteiger charge is -2.32. The summed E-state index contributed by atoms with van der Waals surface area (Å²) in [5.41, 5.74) is 7.45. The maximum Gasteiger partial charge on any atom is 0.320 e. The molecular formula is C28H30N8O2. The summed E-state index contributed by atoms with van der Waals surface area (Å²) in [5.74, 6) is 1.81. The van der Waals surface area contributed by atoms with Crippen molar-refractivity contribution in [1.82, 2.24) is 39.3 Å². The number of carbonyl (C=O) groups is 1. The van der Waals surface area contributed by atoms with Crippen LogP contribution in [0.2, 0.25) is 0 Å². The number of fused-ring (bicyclic) bond motifs is 2. The fraction of sp³-hybridized carbons (Fsp3) is 0.393. The number of nitrogens with one attached hydrogen (secondary N) is 1. The predicted molar refractivity (Wildman–Crippen MR) is 141 cm³/mol. The minimum absolute atomic E-state index is 0.0110. The van der Waals surface area contributed by atoms with Crippen molar-refractivity contribution in [3.05, 3.63) is 59.4 Å². The van der Waals surface area contributed by atoms with Crippen molar-refractivity contribution in [2.45, 2.75) is 58.3 Å². The van der Waals surface area contributed by atoms with Crippen molar-refractivity contribution in [2.75, 3.05) is 13.1 Å². The van der Waals surface area contributed by atoms with Crippen LogP contribution in [0, 0.1) is 6.92 Å². The number of likely N-dealkylation sites (tertiary alicyclic amines) is 1. The minimum Gasteiger partial charge on any atom is -0.393 e. The highest BCUT2D eigenvalue weighted by Gasteiger charge is 2.32. The lowest BCUT2D eigenvalue weighted by atomic mass is 10.1. The zero-order chi connectivity index (χ0) is 25.8. The molecule has 2 amide bonds. The van der Waals surface area contributed by atoms with E-state index in [1.807, 2.05) is 47.2 Å². The number of hydrogen-bond acceptors (Lipinski definition) is 6. The topological polar surface area (TPSA) is 116 Å². The number of urea groups is 1. The lowest BCUT2D eigenvalue weighted by Crippen LogP contribution is -2.45.